The zero-order valence-corrected chi connectivity index (χ0v) is 8.07. The summed E-state index contributed by atoms with van der Waals surface area (Å²) in [5, 5.41) is -0.529. The molecule has 66 valence electrons. The van der Waals surface area contributed by atoms with E-state index in [9.17, 15) is 8.42 Å². The summed E-state index contributed by atoms with van der Waals surface area (Å²) in [7, 11) is 1.73. The number of hydrogen-bond acceptors (Lipinski definition) is 3. The first kappa shape index (κ1) is 9.29. The Morgan fingerprint density at radius 3 is 2.27 bits per heavy atom. The van der Waals surface area contributed by atoms with Crippen molar-refractivity contribution in [3.05, 3.63) is 0 Å². The highest BCUT2D eigenvalue weighted by molar-refractivity contribution is 8.14. The Labute approximate surface area is 71.1 Å². The number of rotatable bonds is 1. The molecule has 0 unspecified atom stereocenters. The van der Waals surface area contributed by atoms with Crippen LogP contribution in [0, 0.1) is 0 Å². The summed E-state index contributed by atoms with van der Waals surface area (Å²) in [5.41, 5.74) is -0.341. The Hall–Kier alpha value is 0.200. The van der Waals surface area contributed by atoms with Gasteiger partial charge >= 0.3 is 0 Å². The number of halogens is 1. The molecule has 1 atom stereocenters. The van der Waals surface area contributed by atoms with Crippen LogP contribution >= 0.6 is 10.7 Å². The van der Waals surface area contributed by atoms with E-state index in [1.807, 2.05) is 13.8 Å². The molecule has 0 N–H and O–H groups in total. The summed E-state index contributed by atoms with van der Waals surface area (Å²) >= 11 is 0. The fourth-order valence-electron chi connectivity index (χ4n) is 1.17. The van der Waals surface area contributed by atoms with Crippen molar-refractivity contribution < 1.29 is 13.2 Å². The summed E-state index contributed by atoms with van der Waals surface area (Å²) < 4.78 is 26.8. The minimum atomic E-state index is -3.43. The van der Waals surface area contributed by atoms with E-state index in [0.29, 0.717) is 6.42 Å². The standard InChI is InChI=1S/C6H11ClO3S/c1-6(2)3-5(4-10-6)11(7,8)9/h5H,3-4H2,1-2H3/t5-/m0/s1. The monoisotopic (exact) mass is 198 g/mol. The minimum absolute atomic E-state index is 0.221. The van der Waals surface area contributed by atoms with Crippen molar-refractivity contribution in [2.75, 3.05) is 6.61 Å². The van der Waals surface area contributed by atoms with Gasteiger partial charge in [0.25, 0.3) is 0 Å². The fraction of sp³-hybridized carbons (Fsp3) is 1.00. The van der Waals surface area contributed by atoms with Crippen molar-refractivity contribution in [1.82, 2.24) is 0 Å². The van der Waals surface area contributed by atoms with Crippen LogP contribution in [0.25, 0.3) is 0 Å². The van der Waals surface area contributed by atoms with Gasteiger partial charge in [-0.2, -0.15) is 0 Å². The largest absolute Gasteiger partial charge is 0.374 e. The van der Waals surface area contributed by atoms with Crippen molar-refractivity contribution in [1.29, 1.82) is 0 Å². The molecule has 11 heavy (non-hydrogen) atoms. The van der Waals surface area contributed by atoms with Crippen molar-refractivity contribution in [3.8, 4) is 0 Å². The molecule has 0 radical (unpaired) electrons. The van der Waals surface area contributed by atoms with Gasteiger partial charge in [-0.3, -0.25) is 0 Å². The van der Waals surface area contributed by atoms with Crippen LogP contribution in [0.3, 0.4) is 0 Å². The molecule has 0 aromatic carbocycles. The first-order valence-corrected chi connectivity index (χ1v) is 5.76. The lowest BCUT2D eigenvalue weighted by molar-refractivity contribution is 0.0368. The normalized spacial score (nSPS) is 30.6. The third-order valence-electron chi connectivity index (χ3n) is 1.78. The quantitative estimate of drug-likeness (QED) is 0.594. The molecule has 3 nitrogen and oxygen atoms in total. The van der Waals surface area contributed by atoms with Crippen LogP contribution in [0.1, 0.15) is 20.3 Å². The molecule has 5 heteroatoms. The van der Waals surface area contributed by atoms with Gasteiger partial charge in [0.05, 0.1) is 12.2 Å². The summed E-state index contributed by atoms with van der Waals surface area (Å²) in [5.74, 6) is 0. The third kappa shape index (κ3) is 2.32. The minimum Gasteiger partial charge on any atom is -0.374 e. The maximum absolute atomic E-state index is 10.8. The Balaban J connectivity index is 2.71. The molecule has 0 spiro atoms. The smallest absolute Gasteiger partial charge is 0.237 e. The highest BCUT2D eigenvalue weighted by Crippen LogP contribution is 2.30. The molecule has 0 amide bonds. The molecule has 0 aromatic rings. The van der Waals surface area contributed by atoms with Crippen LogP contribution in [0.2, 0.25) is 0 Å². The van der Waals surface area contributed by atoms with Crippen LogP contribution in [0.4, 0.5) is 0 Å². The van der Waals surface area contributed by atoms with Gasteiger partial charge < -0.3 is 4.74 Å². The van der Waals surface area contributed by atoms with E-state index < -0.39 is 14.3 Å². The Morgan fingerprint density at radius 1 is 1.55 bits per heavy atom. The van der Waals surface area contributed by atoms with Crippen LogP contribution in [-0.2, 0) is 13.8 Å². The lowest BCUT2D eigenvalue weighted by atomic mass is 10.1. The molecule has 1 saturated heterocycles. The predicted octanol–water partition coefficient (Wildman–Crippen LogP) is 1.12. The lowest BCUT2D eigenvalue weighted by Crippen LogP contribution is -2.20. The molecule has 1 fully saturated rings. The first-order chi connectivity index (χ1) is 4.81. The van der Waals surface area contributed by atoms with E-state index in [4.69, 9.17) is 15.4 Å². The molecule has 0 aliphatic carbocycles. The second kappa shape index (κ2) is 2.61. The summed E-state index contributed by atoms with van der Waals surface area (Å²) in [6.45, 7) is 3.93. The van der Waals surface area contributed by atoms with Crippen LogP contribution in [0.5, 0.6) is 0 Å². The van der Waals surface area contributed by atoms with Crippen molar-refractivity contribution in [2.24, 2.45) is 0 Å². The number of hydrogen-bond donors (Lipinski definition) is 0. The molecule has 0 bridgehead atoms. The van der Waals surface area contributed by atoms with Gasteiger partial charge in [-0.25, -0.2) is 8.42 Å². The lowest BCUT2D eigenvalue weighted by Gasteiger charge is -2.14. The van der Waals surface area contributed by atoms with Crippen LogP contribution in [-0.4, -0.2) is 25.9 Å². The van der Waals surface area contributed by atoms with E-state index in [2.05, 4.69) is 0 Å². The van der Waals surface area contributed by atoms with E-state index in [1.165, 1.54) is 0 Å². The van der Waals surface area contributed by atoms with Crippen molar-refractivity contribution in [3.63, 3.8) is 0 Å². The topological polar surface area (TPSA) is 43.4 Å². The van der Waals surface area contributed by atoms with Gasteiger partial charge in [0, 0.05) is 10.7 Å². The predicted molar refractivity (Wildman–Crippen MR) is 43.2 cm³/mol. The molecule has 1 aliphatic heterocycles. The SMILES string of the molecule is CC1(C)C[C@H](S(=O)(=O)Cl)CO1. The van der Waals surface area contributed by atoms with E-state index in [-0.39, 0.29) is 12.2 Å². The van der Waals surface area contributed by atoms with Gasteiger partial charge in [0.15, 0.2) is 0 Å². The van der Waals surface area contributed by atoms with Crippen LogP contribution in [0.15, 0.2) is 0 Å². The van der Waals surface area contributed by atoms with Gasteiger partial charge in [0.2, 0.25) is 9.05 Å². The molecule has 1 aliphatic rings. The maximum Gasteiger partial charge on any atom is 0.237 e. The summed E-state index contributed by atoms with van der Waals surface area (Å²) in [6.07, 6.45) is 0.485. The average molecular weight is 199 g/mol. The fourth-order valence-corrected chi connectivity index (χ4v) is 2.34. The third-order valence-corrected chi connectivity index (χ3v) is 3.63. The average Bonchev–Trinajstić information content (AvgIpc) is 2.07. The van der Waals surface area contributed by atoms with Gasteiger partial charge in [0.1, 0.15) is 5.25 Å². The Kier molecular flexibility index (Phi) is 2.20. The molecule has 1 heterocycles. The second-order valence-electron chi connectivity index (χ2n) is 3.37. The van der Waals surface area contributed by atoms with E-state index >= 15 is 0 Å². The Morgan fingerprint density at radius 2 is 2.09 bits per heavy atom. The van der Waals surface area contributed by atoms with Crippen molar-refractivity contribution in [2.45, 2.75) is 31.1 Å². The van der Waals surface area contributed by atoms with Crippen LogP contribution < -0.4 is 0 Å². The van der Waals surface area contributed by atoms with Gasteiger partial charge in [-0.05, 0) is 20.3 Å². The maximum atomic E-state index is 10.8. The zero-order valence-electron chi connectivity index (χ0n) is 6.50. The van der Waals surface area contributed by atoms with E-state index in [0.717, 1.165) is 0 Å². The molecular weight excluding hydrogens is 188 g/mol. The molecule has 1 rings (SSSR count). The summed E-state index contributed by atoms with van der Waals surface area (Å²) in [4.78, 5) is 0. The highest BCUT2D eigenvalue weighted by Gasteiger charge is 2.38. The van der Waals surface area contributed by atoms with Crippen molar-refractivity contribution >= 4 is 19.7 Å². The van der Waals surface area contributed by atoms with Gasteiger partial charge in [-0.15, -0.1) is 0 Å². The summed E-state index contributed by atoms with van der Waals surface area (Å²) in [6, 6.07) is 0. The molecule has 0 aromatic heterocycles. The Bertz CT molecular complexity index is 245. The first-order valence-electron chi connectivity index (χ1n) is 3.39. The molecular formula is C6H11ClO3S. The number of ether oxygens (including phenoxy) is 1. The van der Waals surface area contributed by atoms with E-state index in [1.54, 1.807) is 0 Å². The zero-order chi connectivity index (χ0) is 8.70. The molecule has 0 saturated carbocycles. The second-order valence-corrected chi connectivity index (χ2v) is 6.28. The van der Waals surface area contributed by atoms with Gasteiger partial charge in [-0.1, -0.05) is 0 Å². The highest BCUT2D eigenvalue weighted by atomic mass is 35.7.